The Hall–Kier alpha value is -2.35. The topological polar surface area (TPSA) is 68.3 Å². The number of carbonyl (C=O) groups excluding carboxylic acids is 2. The summed E-state index contributed by atoms with van der Waals surface area (Å²) in [5.74, 6) is -0.656. The molecule has 0 radical (unpaired) electrons. The smallest absolute Gasteiger partial charge is 0.307 e. The fourth-order valence-corrected chi connectivity index (χ4v) is 4.88. The van der Waals surface area contributed by atoms with E-state index in [9.17, 15) is 9.59 Å². The van der Waals surface area contributed by atoms with Crippen LogP contribution in [0, 0.1) is 6.92 Å². The summed E-state index contributed by atoms with van der Waals surface area (Å²) in [6.07, 6.45) is -0.00643. The number of hydrogen-bond donors (Lipinski definition) is 1. The Bertz CT molecular complexity index is 1070. The number of thioether (sulfide) groups is 1. The molecule has 1 unspecified atom stereocenters. The number of anilines is 1. The molecule has 2 aromatic carbocycles. The van der Waals surface area contributed by atoms with E-state index in [2.05, 4.69) is 10.3 Å². The predicted octanol–water partition coefficient (Wildman–Crippen LogP) is 5.32. The minimum absolute atomic E-state index is 0.00643. The highest BCUT2D eigenvalue weighted by atomic mass is 35.5. The highest BCUT2D eigenvalue weighted by Crippen LogP contribution is 2.38. The molecule has 0 saturated heterocycles. The van der Waals surface area contributed by atoms with Gasteiger partial charge in [-0.1, -0.05) is 41.4 Å². The van der Waals surface area contributed by atoms with Gasteiger partial charge >= 0.3 is 5.97 Å². The Kier molecular flexibility index (Phi) is 5.89. The fraction of sp³-hybridized carbons (Fsp3) is 0.190. The van der Waals surface area contributed by atoms with E-state index in [4.69, 9.17) is 16.3 Å². The molecule has 1 aromatic heterocycles. The monoisotopic (exact) mass is 444 g/mol. The largest absolute Gasteiger partial charge is 0.459 e. The second-order valence-electron chi connectivity index (χ2n) is 6.61. The van der Waals surface area contributed by atoms with E-state index in [0.717, 1.165) is 15.5 Å². The lowest BCUT2D eigenvalue weighted by molar-refractivity contribution is -0.145. The minimum Gasteiger partial charge on any atom is -0.459 e. The van der Waals surface area contributed by atoms with Crippen LogP contribution in [0.15, 0.2) is 52.7 Å². The second kappa shape index (κ2) is 8.57. The maximum Gasteiger partial charge on any atom is 0.307 e. The van der Waals surface area contributed by atoms with Crippen molar-refractivity contribution >= 4 is 52.3 Å². The Labute approximate surface area is 181 Å². The summed E-state index contributed by atoms with van der Waals surface area (Å²) < 4.78 is 5.35. The molecule has 2 heterocycles. The van der Waals surface area contributed by atoms with E-state index in [-0.39, 0.29) is 18.9 Å². The summed E-state index contributed by atoms with van der Waals surface area (Å²) in [5.41, 5.74) is 3.59. The van der Waals surface area contributed by atoms with Crippen molar-refractivity contribution in [3.63, 3.8) is 0 Å². The number of halogens is 1. The predicted molar refractivity (Wildman–Crippen MR) is 116 cm³/mol. The van der Waals surface area contributed by atoms with Crippen molar-refractivity contribution in [3.05, 3.63) is 64.1 Å². The Morgan fingerprint density at radius 2 is 2.03 bits per heavy atom. The maximum atomic E-state index is 12.3. The first kappa shape index (κ1) is 19.9. The fourth-order valence-electron chi connectivity index (χ4n) is 2.82. The summed E-state index contributed by atoms with van der Waals surface area (Å²) >= 11 is 8.80. The lowest BCUT2D eigenvalue weighted by Gasteiger charge is -2.23. The average Bonchev–Trinajstić information content (AvgIpc) is 3.17. The number of rotatable bonds is 5. The summed E-state index contributed by atoms with van der Waals surface area (Å²) in [6.45, 7) is 2.13. The zero-order chi connectivity index (χ0) is 20.4. The van der Waals surface area contributed by atoms with Gasteiger partial charge in [0.1, 0.15) is 11.6 Å². The number of aryl methyl sites for hydroxylation is 1. The molecule has 1 aliphatic heterocycles. The highest BCUT2D eigenvalue weighted by molar-refractivity contribution is 8.01. The molecule has 0 aliphatic carbocycles. The Balaban J connectivity index is 1.33. The third kappa shape index (κ3) is 4.80. The molecular formula is C21H17ClN2O3S2. The van der Waals surface area contributed by atoms with Gasteiger partial charge < -0.3 is 10.1 Å². The van der Waals surface area contributed by atoms with E-state index in [1.165, 1.54) is 28.7 Å². The number of aromatic nitrogens is 1. The number of hydrogen-bond acceptors (Lipinski definition) is 6. The molecule has 148 valence electrons. The lowest BCUT2D eigenvalue weighted by Crippen LogP contribution is -2.31. The first-order valence-electron chi connectivity index (χ1n) is 8.92. The molecule has 29 heavy (non-hydrogen) atoms. The van der Waals surface area contributed by atoms with E-state index in [0.29, 0.717) is 16.4 Å². The number of fused-ring (bicyclic) bond motifs is 1. The zero-order valence-corrected chi connectivity index (χ0v) is 17.9. The molecule has 0 spiro atoms. The number of nitrogens with one attached hydrogen (secondary N) is 1. The molecule has 0 fully saturated rings. The van der Waals surface area contributed by atoms with Gasteiger partial charge in [0.2, 0.25) is 5.91 Å². The van der Waals surface area contributed by atoms with Crippen molar-refractivity contribution < 1.29 is 14.3 Å². The summed E-state index contributed by atoms with van der Waals surface area (Å²) in [6, 6.07) is 13.4. The van der Waals surface area contributed by atoms with Crippen LogP contribution in [0.1, 0.15) is 17.7 Å². The molecule has 4 rings (SSSR count). The molecule has 1 amide bonds. The molecule has 1 aliphatic rings. The average molecular weight is 445 g/mol. The van der Waals surface area contributed by atoms with Crippen LogP contribution in [-0.2, 0) is 20.9 Å². The Morgan fingerprint density at radius 3 is 2.83 bits per heavy atom. The van der Waals surface area contributed by atoms with Crippen molar-refractivity contribution in [1.29, 1.82) is 0 Å². The quantitative estimate of drug-likeness (QED) is 0.539. The van der Waals surface area contributed by atoms with Gasteiger partial charge in [-0.05, 0) is 25.1 Å². The summed E-state index contributed by atoms with van der Waals surface area (Å²) in [7, 11) is 0. The van der Waals surface area contributed by atoms with E-state index < -0.39 is 11.2 Å². The first-order valence-corrected chi connectivity index (χ1v) is 11.1. The van der Waals surface area contributed by atoms with Crippen LogP contribution in [0.2, 0.25) is 5.02 Å². The third-order valence-electron chi connectivity index (χ3n) is 4.34. The highest BCUT2D eigenvalue weighted by Gasteiger charge is 2.29. The van der Waals surface area contributed by atoms with Crippen molar-refractivity contribution in [2.75, 3.05) is 5.32 Å². The molecule has 1 atom stereocenters. The number of amides is 1. The van der Waals surface area contributed by atoms with Gasteiger partial charge in [-0.2, -0.15) is 0 Å². The standard InChI is InChI=1S/C21H17ClN2O3S2/c1-12-2-4-13(5-3-12)21-23-15(11-28-21)10-27-19(25)9-18-20(26)24-16-8-14(22)6-7-17(16)29-18/h2-8,11,18H,9-10H2,1H3,(H,24,26). The van der Waals surface area contributed by atoms with Crippen LogP contribution in [0.4, 0.5) is 5.69 Å². The number of ether oxygens (including phenoxy) is 1. The normalized spacial score (nSPS) is 15.5. The number of benzene rings is 2. The molecule has 5 nitrogen and oxygen atoms in total. The van der Waals surface area contributed by atoms with E-state index >= 15 is 0 Å². The van der Waals surface area contributed by atoms with Crippen LogP contribution < -0.4 is 5.32 Å². The van der Waals surface area contributed by atoms with Crippen LogP contribution in [0.25, 0.3) is 10.6 Å². The Morgan fingerprint density at radius 1 is 1.24 bits per heavy atom. The molecule has 8 heteroatoms. The molecular weight excluding hydrogens is 428 g/mol. The second-order valence-corrected chi connectivity index (χ2v) is 9.15. The third-order valence-corrected chi connectivity index (χ3v) is 6.79. The van der Waals surface area contributed by atoms with Crippen LogP contribution >= 0.6 is 34.7 Å². The van der Waals surface area contributed by atoms with Gasteiger partial charge in [0.15, 0.2) is 0 Å². The van der Waals surface area contributed by atoms with Crippen molar-refractivity contribution in [2.24, 2.45) is 0 Å². The van der Waals surface area contributed by atoms with Crippen LogP contribution in [-0.4, -0.2) is 22.1 Å². The van der Waals surface area contributed by atoms with Gasteiger partial charge in [0, 0.05) is 20.9 Å². The summed E-state index contributed by atoms with van der Waals surface area (Å²) in [5, 5.41) is 5.57. The number of esters is 1. The molecule has 1 N–H and O–H groups in total. The van der Waals surface area contributed by atoms with Gasteiger partial charge in [-0.15, -0.1) is 23.1 Å². The maximum absolute atomic E-state index is 12.3. The number of thiazole rings is 1. The molecule has 3 aromatic rings. The van der Waals surface area contributed by atoms with Crippen molar-refractivity contribution in [2.45, 2.75) is 30.1 Å². The number of nitrogens with zero attached hydrogens (tertiary/aromatic N) is 1. The first-order chi connectivity index (χ1) is 14.0. The van der Waals surface area contributed by atoms with Gasteiger partial charge in [0.05, 0.1) is 23.1 Å². The van der Waals surface area contributed by atoms with E-state index in [1.807, 2.05) is 42.6 Å². The molecule has 0 bridgehead atoms. The van der Waals surface area contributed by atoms with Crippen LogP contribution in [0.3, 0.4) is 0 Å². The number of carbonyl (C=O) groups is 2. The van der Waals surface area contributed by atoms with Gasteiger partial charge in [-0.25, -0.2) is 4.98 Å². The van der Waals surface area contributed by atoms with Crippen LogP contribution in [0.5, 0.6) is 0 Å². The van der Waals surface area contributed by atoms with Gasteiger partial charge in [-0.3, -0.25) is 9.59 Å². The molecule has 0 saturated carbocycles. The summed E-state index contributed by atoms with van der Waals surface area (Å²) in [4.78, 5) is 29.9. The van der Waals surface area contributed by atoms with E-state index in [1.54, 1.807) is 12.1 Å². The van der Waals surface area contributed by atoms with Crippen molar-refractivity contribution in [3.8, 4) is 10.6 Å². The zero-order valence-electron chi connectivity index (χ0n) is 15.5. The SMILES string of the molecule is Cc1ccc(-c2nc(COC(=O)CC3Sc4ccc(Cl)cc4NC3=O)cs2)cc1. The van der Waals surface area contributed by atoms with Crippen molar-refractivity contribution in [1.82, 2.24) is 4.98 Å². The minimum atomic E-state index is -0.533. The lowest BCUT2D eigenvalue weighted by atomic mass is 10.2. The van der Waals surface area contributed by atoms with Gasteiger partial charge in [0.25, 0.3) is 0 Å².